The molecule has 0 atom stereocenters. The number of hydrogen-bond acceptors (Lipinski definition) is 3. The van der Waals surface area contributed by atoms with Crippen molar-refractivity contribution in [2.45, 2.75) is 26.3 Å². The summed E-state index contributed by atoms with van der Waals surface area (Å²) >= 11 is 0. The Hall–Kier alpha value is -0.950. The summed E-state index contributed by atoms with van der Waals surface area (Å²) in [4.78, 5) is 0. The number of rotatable bonds is 8. The highest BCUT2D eigenvalue weighted by Gasteiger charge is 2.16. The average molecular weight is 286 g/mol. The molecule has 19 heavy (non-hydrogen) atoms. The first kappa shape index (κ1) is 16.1. The molecule has 0 heterocycles. The van der Waals surface area contributed by atoms with Crippen molar-refractivity contribution in [1.29, 1.82) is 0 Å². The summed E-state index contributed by atoms with van der Waals surface area (Å²) in [7, 11) is -1.98. The van der Waals surface area contributed by atoms with Crippen LogP contribution in [-0.2, 0) is 23.2 Å². The second-order valence-electron chi connectivity index (χ2n) is 4.35. The Morgan fingerprint density at radius 1 is 1.26 bits per heavy atom. The molecule has 0 saturated carbocycles. The molecule has 0 fully saturated rings. The molecule has 0 saturated heterocycles. The van der Waals surface area contributed by atoms with Crippen LogP contribution in [0.15, 0.2) is 24.3 Å². The van der Waals surface area contributed by atoms with E-state index in [1.165, 1.54) is 11.4 Å². The number of nitrogens with one attached hydrogen (secondary N) is 1. The molecule has 0 radical (unpaired) electrons. The summed E-state index contributed by atoms with van der Waals surface area (Å²) in [6.07, 6.45) is 1.31. The van der Waals surface area contributed by atoms with Crippen LogP contribution in [0.5, 0.6) is 0 Å². The third kappa shape index (κ3) is 4.91. The largest absolute Gasteiger partial charge is 0.396 e. The molecule has 0 aliphatic rings. The zero-order chi connectivity index (χ0) is 14.3. The molecule has 0 aliphatic carbocycles. The fourth-order valence-corrected chi connectivity index (χ4v) is 2.70. The first-order valence-corrected chi connectivity index (χ1v) is 7.83. The maximum absolute atomic E-state index is 11.9. The van der Waals surface area contributed by atoms with E-state index in [0.29, 0.717) is 13.0 Å². The van der Waals surface area contributed by atoms with Gasteiger partial charge in [-0.05, 0) is 24.0 Å². The van der Waals surface area contributed by atoms with Gasteiger partial charge in [-0.3, -0.25) is 0 Å². The molecule has 0 amide bonds. The molecule has 108 valence electrons. The number of aliphatic hydroxyl groups is 1. The second-order valence-corrected chi connectivity index (χ2v) is 6.21. The van der Waals surface area contributed by atoms with Gasteiger partial charge in [-0.15, -0.1) is 0 Å². The summed E-state index contributed by atoms with van der Waals surface area (Å²) in [5.41, 5.74) is 2.13. The van der Waals surface area contributed by atoms with E-state index in [4.69, 9.17) is 5.11 Å². The maximum Gasteiger partial charge on any atom is 0.279 e. The van der Waals surface area contributed by atoms with Crippen molar-refractivity contribution >= 4 is 10.2 Å². The highest BCUT2D eigenvalue weighted by atomic mass is 32.2. The standard InChI is InChI=1S/C13H22N2O3S/c1-3-12-7-4-5-8-13(12)11-14-19(17,18)15(2)9-6-10-16/h4-5,7-8,14,16H,3,6,9-11H2,1-2H3. The number of aryl methyl sites for hydroxylation is 1. The number of hydrogen-bond donors (Lipinski definition) is 2. The minimum atomic E-state index is -3.48. The van der Waals surface area contributed by atoms with Crippen molar-refractivity contribution in [3.8, 4) is 0 Å². The van der Waals surface area contributed by atoms with Crippen LogP contribution >= 0.6 is 0 Å². The van der Waals surface area contributed by atoms with Gasteiger partial charge in [-0.1, -0.05) is 31.2 Å². The first-order chi connectivity index (χ1) is 9.01. The van der Waals surface area contributed by atoms with Crippen LogP contribution in [0, 0.1) is 0 Å². The van der Waals surface area contributed by atoms with Gasteiger partial charge in [0.25, 0.3) is 10.2 Å². The van der Waals surface area contributed by atoms with Gasteiger partial charge in [0.2, 0.25) is 0 Å². The Balaban J connectivity index is 2.64. The quantitative estimate of drug-likeness (QED) is 0.746. The minimum absolute atomic E-state index is 0.0153. The Labute approximate surface area is 115 Å². The number of benzene rings is 1. The lowest BCUT2D eigenvalue weighted by Crippen LogP contribution is -2.38. The van der Waals surface area contributed by atoms with E-state index in [1.54, 1.807) is 0 Å². The molecule has 1 aromatic carbocycles. The molecule has 0 bridgehead atoms. The van der Waals surface area contributed by atoms with E-state index in [9.17, 15) is 8.42 Å². The zero-order valence-corrected chi connectivity index (χ0v) is 12.3. The predicted molar refractivity (Wildman–Crippen MR) is 75.9 cm³/mol. The van der Waals surface area contributed by atoms with Gasteiger partial charge in [0.15, 0.2) is 0 Å². The monoisotopic (exact) mass is 286 g/mol. The average Bonchev–Trinajstić information content (AvgIpc) is 2.42. The molecule has 1 aromatic rings. The van der Waals surface area contributed by atoms with Crippen molar-refractivity contribution < 1.29 is 13.5 Å². The lowest BCUT2D eigenvalue weighted by Gasteiger charge is -2.17. The van der Waals surface area contributed by atoms with Gasteiger partial charge in [0.05, 0.1) is 0 Å². The lowest BCUT2D eigenvalue weighted by molar-refractivity contribution is 0.275. The van der Waals surface area contributed by atoms with Gasteiger partial charge in [0.1, 0.15) is 0 Å². The van der Waals surface area contributed by atoms with Gasteiger partial charge in [0, 0.05) is 26.7 Å². The molecule has 2 N–H and O–H groups in total. The van der Waals surface area contributed by atoms with Crippen LogP contribution in [-0.4, -0.2) is 38.0 Å². The molecular weight excluding hydrogens is 264 g/mol. The predicted octanol–water partition coefficient (Wildman–Crippen LogP) is 0.898. The lowest BCUT2D eigenvalue weighted by atomic mass is 10.1. The fraction of sp³-hybridized carbons (Fsp3) is 0.538. The fourth-order valence-electron chi connectivity index (χ4n) is 1.77. The molecule has 6 heteroatoms. The third-order valence-electron chi connectivity index (χ3n) is 2.99. The summed E-state index contributed by atoms with van der Waals surface area (Å²) in [6.45, 7) is 2.62. The summed E-state index contributed by atoms with van der Waals surface area (Å²) in [5.74, 6) is 0. The molecule has 0 aromatic heterocycles. The zero-order valence-electron chi connectivity index (χ0n) is 11.5. The Bertz CT molecular complexity index is 488. The van der Waals surface area contributed by atoms with Gasteiger partial charge < -0.3 is 5.11 Å². The van der Waals surface area contributed by atoms with Crippen molar-refractivity contribution in [3.63, 3.8) is 0 Å². The van der Waals surface area contributed by atoms with Crippen molar-refractivity contribution in [3.05, 3.63) is 35.4 Å². The number of nitrogens with zero attached hydrogens (tertiary/aromatic N) is 1. The van der Waals surface area contributed by atoms with Crippen LogP contribution < -0.4 is 4.72 Å². The van der Waals surface area contributed by atoms with E-state index < -0.39 is 10.2 Å². The smallest absolute Gasteiger partial charge is 0.279 e. The Morgan fingerprint density at radius 3 is 2.47 bits per heavy atom. The van der Waals surface area contributed by atoms with E-state index in [-0.39, 0.29) is 13.2 Å². The van der Waals surface area contributed by atoms with Crippen molar-refractivity contribution in [2.75, 3.05) is 20.2 Å². The van der Waals surface area contributed by atoms with Crippen molar-refractivity contribution in [1.82, 2.24) is 9.03 Å². The Kier molecular flexibility index (Phi) is 6.44. The molecule has 0 spiro atoms. The van der Waals surface area contributed by atoms with E-state index in [0.717, 1.165) is 17.5 Å². The highest BCUT2D eigenvalue weighted by Crippen LogP contribution is 2.09. The van der Waals surface area contributed by atoms with Crippen LogP contribution in [0.2, 0.25) is 0 Å². The van der Waals surface area contributed by atoms with Gasteiger partial charge in [-0.25, -0.2) is 0 Å². The highest BCUT2D eigenvalue weighted by molar-refractivity contribution is 7.87. The summed E-state index contributed by atoms with van der Waals surface area (Å²) < 4.78 is 27.7. The third-order valence-corrected chi connectivity index (χ3v) is 4.50. The molecule has 1 rings (SSSR count). The molecule has 0 aliphatic heterocycles. The molecule has 0 unspecified atom stereocenters. The SMILES string of the molecule is CCc1ccccc1CNS(=O)(=O)N(C)CCCO. The van der Waals surface area contributed by atoms with Gasteiger partial charge in [-0.2, -0.15) is 17.4 Å². The van der Waals surface area contributed by atoms with Crippen LogP contribution in [0.4, 0.5) is 0 Å². The van der Waals surface area contributed by atoms with E-state index >= 15 is 0 Å². The van der Waals surface area contributed by atoms with Crippen LogP contribution in [0.3, 0.4) is 0 Å². The summed E-state index contributed by atoms with van der Waals surface area (Å²) in [5, 5.41) is 8.72. The Morgan fingerprint density at radius 2 is 1.89 bits per heavy atom. The van der Waals surface area contributed by atoms with Gasteiger partial charge >= 0.3 is 0 Å². The van der Waals surface area contributed by atoms with E-state index in [2.05, 4.69) is 4.72 Å². The second kappa shape index (κ2) is 7.59. The van der Waals surface area contributed by atoms with Crippen LogP contribution in [0.25, 0.3) is 0 Å². The minimum Gasteiger partial charge on any atom is -0.396 e. The number of aliphatic hydroxyl groups excluding tert-OH is 1. The van der Waals surface area contributed by atoms with E-state index in [1.807, 2.05) is 31.2 Å². The normalized spacial score (nSPS) is 12.0. The first-order valence-electron chi connectivity index (χ1n) is 6.39. The topological polar surface area (TPSA) is 69.6 Å². The summed E-state index contributed by atoms with van der Waals surface area (Å²) in [6, 6.07) is 7.77. The molecular formula is C13H22N2O3S. The van der Waals surface area contributed by atoms with Crippen LogP contribution in [0.1, 0.15) is 24.5 Å². The molecule has 5 nitrogen and oxygen atoms in total. The maximum atomic E-state index is 11.9. The van der Waals surface area contributed by atoms with Crippen molar-refractivity contribution in [2.24, 2.45) is 0 Å².